The number of aliphatic carboxylic acids is 1. The molecule has 8 heteroatoms. The lowest BCUT2D eigenvalue weighted by Gasteiger charge is -2.37. The molecule has 0 aromatic carbocycles. The first kappa shape index (κ1) is 22.4. The van der Waals surface area contributed by atoms with E-state index in [0.29, 0.717) is 32.1 Å². The number of esters is 2. The molecule has 150 valence electrons. The van der Waals surface area contributed by atoms with E-state index >= 15 is 0 Å². The number of methoxy groups -OCH3 is 1. The molecule has 26 heavy (non-hydrogen) atoms. The van der Waals surface area contributed by atoms with Gasteiger partial charge < -0.3 is 24.1 Å². The Balaban J connectivity index is 2.69. The normalized spacial score (nSPS) is 23.9. The van der Waals surface area contributed by atoms with Gasteiger partial charge in [-0.15, -0.1) is 0 Å². The maximum atomic E-state index is 11.7. The molecule has 1 aliphatic rings. The third-order valence-electron chi connectivity index (χ3n) is 4.30. The molecule has 1 saturated heterocycles. The van der Waals surface area contributed by atoms with E-state index in [2.05, 4.69) is 0 Å². The highest BCUT2D eigenvalue weighted by molar-refractivity contribution is 5.71. The Kier molecular flexibility index (Phi) is 10.2. The summed E-state index contributed by atoms with van der Waals surface area (Å²) in [6.45, 7) is 3.93. The van der Waals surface area contributed by atoms with E-state index in [9.17, 15) is 19.5 Å². The Hall–Kier alpha value is -1.67. The van der Waals surface area contributed by atoms with E-state index < -0.39 is 30.2 Å². The highest BCUT2D eigenvalue weighted by Crippen LogP contribution is 2.32. The van der Waals surface area contributed by atoms with Crippen molar-refractivity contribution in [2.45, 2.75) is 64.8 Å². The highest BCUT2D eigenvalue weighted by atomic mass is 16.7. The van der Waals surface area contributed by atoms with E-state index in [1.165, 1.54) is 7.11 Å². The lowest BCUT2D eigenvalue weighted by Crippen LogP contribution is -2.45. The van der Waals surface area contributed by atoms with Crippen LogP contribution in [0, 0.1) is 11.8 Å². The minimum Gasteiger partial charge on any atom is -0.481 e. The summed E-state index contributed by atoms with van der Waals surface area (Å²) in [6, 6.07) is 0. The van der Waals surface area contributed by atoms with Gasteiger partial charge in [0.1, 0.15) is 6.10 Å². The van der Waals surface area contributed by atoms with Gasteiger partial charge in [-0.05, 0) is 25.7 Å². The molecule has 0 bridgehead atoms. The Morgan fingerprint density at radius 2 is 1.81 bits per heavy atom. The monoisotopic (exact) mass is 374 g/mol. The molecule has 1 fully saturated rings. The van der Waals surface area contributed by atoms with Gasteiger partial charge >= 0.3 is 17.9 Å². The molecule has 0 aromatic heterocycles. The summed E-state index contributed by atoms with van der Waals surface area (Å²) in [6.07, 6.45) is 1.23. The van der Waals surface area contributed by atoms with E-state index in [4.69, 9.17) is 18.9 Å². The molecule has 0 aromatic rings. The van der Waals surface area contributed by atoms with Crippen LogP contribution in [0.2, 0.25) is 0 Å². The van der Waals surface area contributed by atoms with Crippen molar-refractivity contribution in [1.29, 1.82) is 0 Å². The average molecular weight is 374 g/mol. The first-order chi connectivity index (χ1) is 12.4. The Labute approximate surface area is 154 Å². The van der Waals surface area contributed by atoms with Crippen molar-refractivity contribution in [2.24, 2.45) is 11.8 Å². The maximum absolute atomic E-state index is 11.7. The predicted octanol–water partition coefficient (Wildman–Crippen LogP) is 2.14. The predicted molar refractivity (Wildman–Crippen MR) is 91.3 cm³/mol. The van der Waals surface area contributed by atoms with Crippen LogP contribution in [0.5, 0.6) is 0 Å². The molecule has 1 heterocycles. The minimum absolute atomic E-state index is 0.0169. The standard InChI is InChI=1S/C18H30O8/c1-4-6-15(19)24-9-8-13(17(21)22)14-10-12(11-25-18(14)23-3)26-16(20)7-5-2/h12-14,18H,4-11H2,1-3H3,(H,21,22)/t12-,13-,14?,18?/m1/s1. The fourth-order valence-electron chi connectivity index (χ4n) is 3.03. The smallest absolute Gasteiger partial charge is 0.307 e. The van der Waals surface area contributed by atoms with Crippen molar-refractivity contribution in [2.75, 3.05) is 20.3 Å². The van der Waals surface area contributed by atoms with Crippen molar-refractivity contribution in [3.05, 3.63) is 0 Å². The van der Waals surface area contributed by atoms with Crippen LogP contribution in [0.1, 0.15) is 52.4 Å². The van der Waals surface area contributed by atoms with Gasteiger partial charge in [0.2, 0.25) is 0 Å². The molecule has 2 unspecified atom stereocenters. The van der Waals surface area contributed by atoms with Crippen molar-refractivity contribution in [3.63, 3.8) is 0 Å². The second kappa shape index (κ2) is 11.9. The van der Waals surface area contributed by atoms with E-state index in [1.54, 1.807) is 0 Å². The molecule has 0 amide bonds. The highest BCUT2D eigenvalue weighted by Gasteiger charge is 2.41. The first-order valence-corrected chi connectivity index (χ1v) is 9.15. The van der Waals surface area contributed by atoms with Gasteiger partial charge in [-0.25, -0.2) is 0 Å². The zero-order valence-electron chi connectivity index (χ0n) is 15.8. The van der Waals surface area contributed by atoms with Crippen LogP contribution in [0.25, 0.3) is 0 Å². The van der Waals surface area contributed by atoms with Crippen LogP contribution in [0.4, 0.5) is 0 Å². The molecule has 4 atom stereocenters. The van der Waals surface area contributed by atoms with Gasteiger partial charge in [-0.1, -0.05) is 13.8 Å². The summed E-state index contributed by atoms with van der Waals surface area (Å²) in [4.78, 5) is 34.9. The number of hydrogen-bond donors (Lipinski definition) is 1. The Morgan fingerprint density at radius 3 is 2.38 bits per heavy atom. The third kappa shape index (κ3) is 7.29. The van der Waals surface area contributed by atoms with Crippen LogP contribution in [0.15, 0.2) is 0 Å². The number of carboxylic acid groups (broad SMARTS) is 1. The molecule has 0 radical (unpaired) electrons. The van der Waals surface area contributed by atoms with E-state index in [0.717, 1.165) is 0 Å². The summed E-state index contributed by atoms with van der Waals surface area (Å²) < 4.78 is 21.3. The van der Waals surface area contributed by atoms with Gasteiger partial charge in [0.25, 0.3) is 0 Å². The van der Waals surface area contributed by atoms with Crippen LogP contribution < -0.4 is 0 Å². The Morgan fingerprint density at radius 1 is 1.15 bits per heavy atom. The molecular formula is C18H30O8. The Bertz CT molecular complexity index is 464. The molecular weight excluding hydrogens is 344 g/mol. The second-order valence-electron chi connectivity index (χ2n) is 6.40. The summed E-state index contributed by atoms with van der Waals surface area (Å²) >= 11 is 0. The maximum Gasteiger partial charge on any atom is 0.307 e. The molecule has 1 rings (SSSR count). The zero-order valence-corrected chi connectivity index (χ0v) is 15.8. The molecule has 8 nitrogen and oxygen atoms in total. The first-order valence-electron chi connectivity index (χ1n) is 9.15. The van der Waals surface area contributed by atoms with Gasteiger partial charge in [-0.2, -0.15) is 0 Å². The number of rotatable bonds is 11. The van der Waals surface area contributed by atoms with Crippen molar-refractivity contribution < 1.29 is 38.4 Å². The van der Waals surface area contributed by atoms with Crippen LogP contribution >= 0.6 is 0 Å². The van der Waals surface area contributed by atoms with Gasteiger partial charge in [0.05, 0.1) is 19.1 Å². The number of hydrogen-bond acceptors (Lipinski definition) is 7. The SMILES string of the molecule is CCCC(=O)OCC[C@@H](C(=O)O)C1C[C@@H](OC(=O)CCC)COC1OC. The summed E-state index contributed by atoms with van der Waals surface area (Å²) in [5, 5.41) is 9.60. The lowest BCUT2D eigenvalue weighted by molar-refractivity contribution is -0.224. The average Bonchev–Trinajstić information content (AvgIpc) is 2.59. The fraction of sp³-hybridized carbons (Fsp3) is 0.833. The molecule has 1 N–H and O–H groups in total. The number of carboxylic acids is 1. The molecule has 1 aliphatic heterocycles. The molecule has 0 spiro atoms. The quantitative estimate of drug-likeness (QED) is 0.548. The summed E-state index contributed by atoms with van der Waals surface area (Å²) in [5.74, 6) is -3.02. The summed E-state index contributed by atoms with van der Waals surface area (Å²) in [7, 11) is 1.45. The molecule has 0 saturated carbocycles. The van der Waals surface area contributed by atoms with Gasteiger partial charge in [0, 0.05) is 25.9 Å². The van der Waals surface area contributed by atoms with Crippen molar-refractivity contribution in [1.82, 2.24) is 0 Å². The second-order valence-corrected chi connectivity index (χ2v) is 6.40. The van der Waals surface area contributed by atoms with E-state index in [1.807, 2.05) is 13.8 Å². The number of carbonyl (C=O) groups excluding carboxylic acids is 2. The topological polar surface area (TPSA) is 108 Å². The van der Waals surface area contributed by atoms with Crippen molar-refractivity contribution in [3.8, 4) is 0 Å². The van der Waals surface area contributed by atoms with Gasteiger partial charge in [-0.3, -0.25) is 14.4 Å². The zero-order chi connectivity index (χ0) is 19.5. The van der Waals surface area contributed by atoms with Crippen LogP contribution in [-0.2, 0) is 33.3 Å². The fourth-order valence-corrected chi connectivity index (χ4v) is 3.03. The number of carbonyl (C=O) groups is 3. The third-order valence-corrected chi connectivity index (χ3v) is 4.30. The van der Waals surface area contributed by atoms with Crippen molar-refractivity contribution >= 4 is 17.9 Å². The molecule has 0 aliphatic carbocycles. The van der Waals surface area contributed by atoms with Crippen LogP contribution in [0.3, 0.4) is 0 Å². The lowest BCUT2D eigenvalue weighted by atomic mass is 9.83. The minimum atomic E-state index is -1.02. The van der Waals surface area contributed by atoms with E-state index in [-0.39, 0.29) is 31.6 Å². The number of ether oxygens (including phenoxy) is 4. The summed E-state index contributed by atoms with van der Waals surface area (Å²) in [5.41, 5.74) is 0. The van der Waals surface area contributed by atoms with Crippen LogP contribution in [-0.4, -0.2) is 55.7 Å². The van der Waals surface area contributed by atoms with Gasteiger partial charge in [0.15, 0.2) is 6.29 Å². The largest absolute Gasteiger partial charge is 0.481 e.